The van der Waals surface area contributed by atoms with Crippen LogP contribution >= 0.6 is 0 Å². The lowest BCUT2D eigenvalue weighted by atomic mass is 10.1. The number of ether oxygens (including phenoxy) is 4. The highest BCUT2D eigenvalue weighted by atomic mass is 16.5. The zero-order valence-electron chi connectivity index (χ0n) is 21.0. The number of unbranched alkanes of at least 4 members (excludes halogenated alkanes) is 4. The van der Waals surface area contributed by atoms with E-state index in [2.05, 4.69) is 20.0 Å². The van der Waals surface area contributed by atoms with E-state index in [0.717, 1.165) is 140 Å². The minimum atomic E-state index is 0.842. The molecular formula is C26H44N4O4. The Morgan fingerprint density at radius 2 is 0.647 bits per heavy atom. The number of rotatable bonds is 12. The van der Waals surface area contributed by atoms with E-state index < -0.39 is 0 Å². The SMILES string of the molecule is C(CCCC1=NCCCO1)CCC1=NCCCO1.C1CN=C(CCCCC2=NCCCO2)OC1. The molecule has 0 atom stereocenters. The lowest BCUT2D eigenvalue weighted by Gasteiger charge is -2.15. The topological polar surface area (TPSA) is 86.4 Å². The summed E-state index contributed by atoms with van der Waals surface area (Å²) < 4.78 is 21.9. The molecule has 0 amide bonds. The van der Waals surface area contributed by atoms with Gasteiger partial charge in [0, 0.05) is 77.5 Å². The van der Waals surface area contributed by atoms with Crippen LogP contribution in [0.15, 0.2) is 20.0 Å². The zero-order chi connectivity index (χ0) is 23.5. The summed E-state index contributed by atoms with van der Waals surface area (Å²) in [5, 5.41) is 0. The molecule has 4 aliphatic rings. The number of hydrogen-bond acceptors (Lipinski definition) is 8. The van der Waals surface area contributed by atoms with Gasteiger partial charge < -0.3 is 18.9 Å². The third-order valence-electron chi connectivity index (χ3n) is 6.00. The highest BCUT2D eigenvalue weighted by Gasteiger charge is 2.09. The van der Waals surface area contributed by atoms with Crippen molar-refractivity contribution >= 4 is 23.6 Å². The van der Waals surface area contributed by atoms with Crippen LogP contribution in [0.25, 0.3) is 0 Å². The quantitative estimate of drug-likeness (QED) is 0.365. The molecule has 192 valence electrons. The normalized spacial score (nSPS) is 20.0. The van der Waals surface area contributed by atoms with Crippen LogP contribution in [-0.2, 0) is 18.9 Å². The predicted octanol–water partition coefficient (Wildman–Crippen LogP) is 5.15. The first-order valence-corrected chi connectivity index (χ1v) is 13.5. The first-order valence-electron chi connectivity index (χ1n) is 13.5. The van der Waals surface area contributed by atoms with Crippen molar-refractivity contribution in [3.63, 3.8) is 0 Å². The minimum Gasteiger partial charge on any atom is -0.481 e. The third-order valence-corrected chi connectivity index (χ3v) is 6.00. The summed E-state index contributed by atoms with van der Waals surface area (Å²) >= 11 is 0. The van der Waals surface area contributed by atoms with Gasteiger partial charge >= 0.3 is 0 Å². The molecule has 0 bridgehead atoms. The van der Waals surface area contributed by atoms with Gasteiger partial charge in [0.15, 0.2) is 23.6 Å². The van der Waals surface area contributed by atoms with E-state index in [4.69, 9.17) is 18.9 Å². The third kappa shape index (κ3) is 11.8. The van der Waals surface area contributed by atoms with E-state index in [1.165, 1.54) is 25.7 Å². The van der Waals surface area contributed by atoms with Gasteiger partial charge in [-0.1, -0.05) is 12.8 Å². The predicted molar refractivity (Wildman–Crippen MR) is 138 cm³/mol. The van der Waals surface area contributed by atoms with Crippen LogP contribution in [0.5, 0.6) is 0 Å². The van der Waals surface area contributed by atoms with Crippen LogP contribution < -0.4 is 0 Å². The molecule has 0 spiro atoms. The maximum absolute atomic E-state index is 5.49. The molecule has 0 radical (unpaired) electrons. The van der Waals surface area contributed by atoms with E-state index in [-0.39, 0.29) is 0 Å². The molecule has 0 fully saturated rings. The fourth-order valence-corrected chi connectivity index (χ4v) is 4.08. The van der Waals surface area contributed by atoms with E-state index in [1.807, 2.05) is 0 Å². The molecule has 8 heteroatoms. The average Bonchev–Trinajstić information content (AvgIpc) is 2.91. The Kier molecular flexibility index (Phi) is 13.5. The molecule has 0 aromatic carbocycles. The highest BCUT2D eigenvalue weighted by Crippen LogP contribution is 2.12. The summed E-state index contributed by atoms with van der Waals surface area (Å²) in [5.41, 5.74) is 0. The molecule has 0 aliphatic carbocycles. The van der Waals surface area contributed by atoms with Crippen molar-refractivity contribution in [3.05, 3.63) is 0 Å². The Labute approximate surface area is 205 Å². The molecule has 8 nitrogen and oxygen atoms in total. The van der Waals surface area contributed by atoms with Crippen LogP contribution in [0.1, 0.15) is 89.9 Å². The van der Waals surface area contributed by atoms with Crippen LogP contribution in [0, 0.1) is 0 Å². The van der Waals surface area contributed by atoms with Gasteiger partial charge in [0.05, 0.1) is 26.4 Å². The summed E-state index contributed by atoms with van der Waals surface area (Å²) in [6, 6.07) is 0. The Morgan fingerprint density at radius 3 is 0.882 bits per heavy atom. The van der Waals surface area contributed by atoms with Crippen molar-refractivity contribution in [3.8, 4) is 0 Å². The lowest BCUT2D eigenvalue weighted by Crippen LogP contribution is -2.15. The van der Waals surface area contributed by atoms with Crippen LogP contribution in [0.4, 0.5) is 0 Å². The second-order valence-electron chi connectivity index (χ2n) is 9.03. The summed E-state index contributed by atoms with van der Waals surface area (Å²) in [7, 11) is 0. The molecule has 0 saturated heterocycles. The van der Waals surface area contributed by atoms with Gasteiger partial charge in [0.25, 0.3) is 0 Å². The number of nitrogens with zero attached hydrogens (tertiary/aromatic N) is 4. The van der Waals surface area contributed by atoms with Gasteiger partial charge in [-0.2, -0.15) is 0 Å². The summed E-state index contributed by atoms with van der Waals surface area (Å²) in [4.78, 5) is 17.4. The van der Waals surface area contributed by atoms with Gasteiger partial charge in [-0.05, 0) is 25.7 Å². The summed E-state index contributed by atoms with van der Waals surface area (Å²) in [6.07, 6.45) is 15.3. The molecule has 4 heterocycles. The maximum atomic E-state index is 5.49. The van der Waals surface area contributed by atoms with E-state index in [9.17, 15) is 0 Å². The first-order chi connectivity index (χ1) is 16.9. The van der Waals surface area contributed by atoms with Crippen LogP contribution in [0.2, 0.25) is 0 Å². The first kappa shape index (κ1) is 26.5. The molecule has 4 aliphatic heterocycles. The summed E-state index contributed by atoms with van der Waals surface area (Å²) in [5.74, 6) is 3.83. The Bertz CT molecular complexity index is 632. The van der Waals surface area contributed by atoms with Gasteiger partial charge in [-0.15, -0.1) is 0 Å². The average molecular weight is 477 g/mol. The fourth-order valence-electron chi connectivity index (χ4n) is 4.08. The largest absolute Gasteiger partial charge is 0.481 e. The van der Waals surface area contributed by atoms with Crippen molar-refractivity contribution in [1.29, 1.82) is 0 Å². The molecular weight excluding hydrogens is 432 g/mol. The van der Waals surface area contributed by atoms with Crippen molar-refractivity contribution < 1.29 is 18.9 Å². The van der Waals surface area contributed by atoms with Crippen molar-refractivity contribution in [1.82, 2.24) is 0 Å². The Morgan fingerprint density at radius 1 is 0.382 bits per heavy atom. The highest BCUT2D eigenvalue weighted by molar-refractivity contribution is 5.78. The van der Waals surface area contributed by atoms with E-state index in [1.54, 1.807) is 0 Å². The Balaban J connectivity index is 0.000000192. The van der Waals surface area contributed by atoms with E-state index in [0.29, 0.717) is 0 Å². The monoisotopic (exact) mass is 476 g/mol. The molecule has 4 rings (SSSR count). The van der Waals surface area contributed by atoms with Crippen molar-refractivity contribution in [2.45, 2.75) is 89.9 Å². The van der Waals surface area contributed by atoms with Gasteiger partial charge in [-0.3, -0.25) is 20.0 Å². The lowest BCUT2D eigenvalue weighted by molar-refractivity contribution is 0.268. The molecule has 0 saturated carbocycles. The summed E-state index contributed by atoms with van der Waals surface area (Å²) in [6.45, 7) is 7.17. The van der Waals surface area contributed by atoms with Crippen LogP contribution in [0.3, 0.4) is 0 Å². The van der Waals surface area contributed by atoms with Gasteiger partial charge in [-0.25, -0.2) is 0 Å². The maximum Gasteiger partial charge on any atom is 0.183 e. The Hall–Kier alpha value is -2.12. The molecule has 0 aromatic rings. The zero-order valence-corrected chi connectivity index (χ0v) is 21.0. The standard InChI is InChI=1S/C14H24N2O2.C12H20N2O2/c1(3-7-13-15-9-5-11-17-13)2-4-8-14-16-10-6-12-18-14;1(5-11-13-7-3-9-15-11)2-6-12-14-8-4-10-16-12/h1-12H2;1-10H2. The van der Waals surface area contributed by atoms with Gasteiger partial charge in [0.2, 0.25) is 0 Å². The van der Waals surface area contributed by atoms with Crippen molar-refractivity contribution in [2.24, 2.45) is 20.0 Å². The number of hydrogen-bond donors (Lipinski definition) is 0. The fraction of sp³-hybridized carbons (Fsp3) is 0.846. The molecule has 34 heavy (non-hydrogen) atoms. The molecule has 0 aromatic heterocycles. The second kappa shape index (κ2) is 17.3. The molecule has 0 N–H and O–H groups in total. The van der Waals surface area contributed by atoms with E-state index >= 15 is 0 Å². The second-order valence-corrected chi connectivity index (χ2v) is 9.03. The smallest absolute Gasteiger partial charge is 0.183 e. The van der Waals surface area contributed by atoms with Gasteiger partial charge in [0.1, 0.15) is 0 Å². The van der Waals surface area contributed by atoms with Crippen LogP contribution in [-0.4, -0.2) is 76.2 Å². The van der Waals surface area contributed by atoms with Crippen molar-refractivity contribution in [2.75, 3.05) is 52.6 Å². The minimum absolute atomic E-state index is 0.842. The number of aliphatic imine (C=N–C) groups is 4. The molecule has 0 unspecified atom stereocenters.